The van der Waals surface area contributed by atoms with E-state index in [1.165, 1.54) is 11.3 Å². The maximum absolute atomic E-state index is 12.8. The minimum atomic E-state index is -0.832. The molecule has 0 spiro atoms. The normalized spacial score (nSPS) is 21.4. The number of anilines is 1. The summed E-state index contributed by atoms with van der Waals surface area (Å²) in [6.45, 7) is 0.920. The number of urea groups is 1. The minimum absolute atomic E-state index is 0.113. The van der Waals surface area contributed by atoms with Crippen LogP contribution in [0.3, 0.4) is 0 Å². The van der Waals surface area contributed by atoms with Crippen molar-refractivity contribution >= 4 is 23.5 Å². The fourth-order valence-electron chi connectivity index (χ4n) is 4.03. The molecular weight excluding hydrogens is 376 g/mol. The molecule has 0 radical (unpaired) electrons. The van der Waals surface area contributed by atoms with Gasteiger partial charge in [-0.2, -0.15) is 0 Å². The van der Waals surface area contributed by atoms with Gasteiger partial charge >= 0.3 is 6.03 Å². The Morgan fingerprint density at radius 1 is 1.14 bits per heavy atom. The maximum Gasteiger partial charge on any atom is 0.318 e. The Labute approximate surface area is 169 Å². The molecule has 2 heterocycles. The highest BCUT2D eigenvalue weighted by molar-refractivity contribution is 5.97. The van der Waals surface area contributed by atoms with Crippen molar-refractivity contribution in [2.45, 2.75) is 50.6 Å². The summed E-state index contributed by atoms with van der Waals surface area (Å²) in [6, 6.07) is 4.14. The van der Waals surface area contributed by atoms with Gasteiger partial charge < -0.3 is 30.3 Å². The van der Waals surface area contributed by atoms with E-state index in [0.29, 0.717) is 30.3 Å². The van der Waals surface area contributed by atoms with Crippen LogP contribution < -0.4 is 25.4 Å². The first-order chi connectivity index (χ1) is 14.1. The molecule has 3 N–H and O–H groups in total. The fourth-order valence-corrected chi connectivity index (χ4v) is 4.03. The van der Waals surface area contributed by atoms with E-state index in [4.69, 9.17) is 9.47 Å². The van der Waals surface area contributed by atoms with Gasteiger partial charge in [-0.3, -0.25) is 9.59 Å². The van der Waals surface area contributed by atoms with Crippen molar-refractivity contribution < 1.29 is 23.9 Å². The van der Waals surface area contributed by atoms with Crippen LogP contribution in [-0.4, -0.2) is 54.7 Å². The lowest BCUT2D eigenvalue weighted by atomic mass is 9.95. The predicted octanol–water partition coefficient (Wildman–Crippen LogP) is 1.59. The molecule has 1 atom stereocenters. The topological polar surface area (TPSA) is 109 Å². The summed E-state index contributed by atoms with van der Waals surface area (Å²) < 4.78 is 10.6. The first kappa shape index (κ1) is 19.4. The Hall–Kier alpha value is -2.97. The van der Waals surface area contributed by atoms with Gasteiger partial charge in [0.2, 0.25) is 18.6 Å². The zero-order chi connectivity index (χ0) is 20.2. The highest BCUT2D eigenvalue weighted by atomic mass is 16.7. The number of hydrogen-bond donors (Lipinski definition) is 3. The van der Waals surface area contributed by atoms with Crippen LogP contribution in [0.25, 0.3) is 0 Å². The number of rotatable bonds is 4. The molecule has 1 unspecified atom stereocenters. The summed E-state index contributed by atoms with van der Waals surface area (Å²) in [5.41, 5.74) is 0.550. The lowest BCUT2D eigenvalue weighted by Crippen LogP contribution is -2.61. The smallest absolute Gasteiger partial charge is 0.318 e. The zero-order valence-corrected chi connectivity index (χ0v) is 16.2. The molecule has 2 aliphatic heterocycles. The monoisotopic (exact) mass is 402 g/mol. The quantitative estimate of drug-likeness (QED) is 0.709. The first-order valence-electron chi connectivity index (χ1n) is 10.1. The molecule has 9 heteroatoms. The molecule has 29 heavy (non-hydrogen) atoms. The van der Waals surface area contributed by atoms with Crippen LogP contribution in [-0.2, 0) is 9.59 Å². The molecule has 4 amide bonds. The van der Waals surface area contributed by atoms with Crippen molar-refractivity contribution in [2.24, 2.45) is 0 Å². The number of fused-ring (bicyclic) bond motifs is 1. The Morgan fingerprint density at radius 3 is 2.76 bits per heavy atom. The Morgan fingerprint density at radius 2 is 1.93 bits per heavy atom. The molecule has 1 aromatic rings. The number of carbonyl (C=O) groups is 3. The summed E-state index contributed by atoms with van der Waals surface area (Å²) in [5, 5.41) is 8.55. The molecule has 0 bridgehead atoms. The van der Waals surface area contributed by atoms with Gasteiger partial charge in [-0.05, 0) is 25.0 Å². The molecule has 0 aromatic heterocycles. The van der Waals surface area contributed by atoms with E-state index in [-0.39, 0.29) is 37.1 Å². The number of ether oxygens (including phenoxy) is 2. The van der Waals surface area contributed by atoms with Gasteiger partial charge in [0.15, 0.2) is 11.5 Å². The van der Waals surface area contributed by atoms with Crippen molar-refractivity contribution in [3.8, 4) is 11.5 Å². The summed E-state index contributed by atoms with van der Waals surface area (Å²) >= 11 is 0. The molecule has 3 aliphatic rings. The summed E-state index contributed by atoms with van der Waals surface area (Å²) in [4.78, 5) is 39.2. The third kappa shape index (κ3) is 4.55. The van der Waals surface area contributed by atoms with Crippen LogP contribution in [0.1, 0.15) is 38.5 Å². The Balaban J connectivity index is 1.38. The van der Waals surface area contributed by atoms with E-state index in [0.717, 1.165) is 25.7 Å². The van der Waals surface area contributed by atoms with E-state index in [1.807, 2.05) is 0 Å². The molecule has 1 aromatic carbocycles. The molecule has 156 valence electrons. The SMILES string of the molecule is O=C(CC1C(=O)NCCN1C(=O)NC1CCCCC1)Nc1ccc2c(c1)OCO2. The van der Waals surface area contributed by atoms with Crippen molar-refractivity contribution in [3.05, 3.63) is 18.2 Å². The van der Waals surface area contributed by atoms with Gasteiger partial charge in [0.25, 0.3) is 0 Å². The first-order valence-corrected chi connectivity index (χ1v) is 10.1. The van der Waals surface area contributed by atoms with Gasteiger partial charge in [-0.25, -0.2) is 4.79 Å². The zero-order valence-electron chi connectivity index (χ0n) is 16.2. The second kappa shape index (κ2) is 8.59. The molecule has 4 rings (SSSR count). The maximum atomic E-state index is 12.8. The van der Waals surface area contributed by atoms with Crippen LogP contribution in [0, 0.1) is 0 Å². The largest absolute Gasteiger partial charge is 0.454 e. The van der Waals surface area contributed by atoms with Gasteiger partial charge in [-0.1, -0.05) is 19.3 Å². The van der Waals surface area contributed by atoms with Crippen molar-refractivity contribution in [2.75, 3.05) is 25.2 Å². The predicted molar refractivity (Wildman–Crippen MR) is 105 cm³/mol. The summed E-state index contributed by atoms with van der Waals surface area (Å²) in [7, 11) is 0. The standard InChI is InChI=1S/C20H26N4O5/c25-18(22-14-6-7-16-17(10-14)29-12-28-16)11-15-19(26)21-8-9-24(15)20(27)23-13-4-2-1-3-5-13/h6-7,10,13,15H,1-5,8-9,11-12H2,(H,21,26)(H,22,25)(H,23,27). The van der Waals surface area contributed by atoms with Crippen LogP contribution >= 0.6 is 0 Å². The van der Waals surface area contributed by atoms with E-state index < -0.39 is 6.04 Å². The number of nitrogens with one attached hydrogen (secondary N) is 3. The Kier molecular flexibility index (Phi) is 5.73. The lowest BCUT2D eigenvalue weighted by Gasteiger charge is -2.36. The number of piperazine rings is 1. The van der Waals surface area contributed by atoms with Crippen LogP contribution in [0.5, 0.6) is 11.5 Å². The molecule has 1 saturated heterocycles. The highest BCUT2D eigenvalue weighted by Gasteiger charge is 2.35. The fraction of sp³-hybridized carbons (Fsp3) is 0.550. The third-order valence-corrected chi connectivity index (χ3v) is 5.56. The number of nitrogens with zero attached hydrogens (tertiary/aromatic N) is 1. The average molecular weight is 402 g/mol. The highest BCUT2D eigenvalue weighted by Crippen LogP contribution is 2.34. The number of benzene rings is 1. The van der Waals surface area contributed by atoms with Crippen LogP contribution in [0.2, 0.25) is 0 Å². The van der Waals surface area contributed by atoms with Gasteiger partial charge in [0.05, 0.1) is 6.42 Å². The van der Waals surface area contributed by atoms with Crippen molar-refractivity contribution in [3.63, 3.8) is 0 Å². The van der Waals surface area contributed by atoms with Gasteiger partial charge in [0, 0.05) is 30.9 Å². The minimum Gasteiger partial charge on any atom is -0.454 e. The molecule has 2 fully saturated rings. The summed E-state index contributed by atoms with van der Waals surface area (Å²) in [5.74, 6) is 0.532. The van der Waals surface area contributed by atoms with Crippen LogP contribution in [0.15, 0.2) is 18.2 Å². The molecule has 1 aliphatic carbocycles. The Bertz CT molecular complexity index is 793. The average Bonchev–Trinajstić information content (AvgIpc) is 3.18. The van der Waals surface area contributed by atoms with Crippen LogP contribution in [0.4, 0.5) is 10.5 Å². The van der Waals surface area contributed by atoms with E-state index in [9.17, 15) is 14.4 Å². The summed E-state index contributed by atoms with van der Waals surface area (Å²) in [6.07, 6.45) is 5.21. The second-order valence-corrected chi connectivity index (χ2v) is 7.60. The molecule has 9 nitrogen and oxygen atoms in total. The van der Waals surface area contributed by atoms with Crippen molar-refractivity contribution in [1.29, 1.82) is 0 Å². The lowest BCUT2D eigenvalue weighted by molar-refractivity contribution is -0.131. The van der Waals surface area contributed by atoms with Gasteiger partial charge in [-0.15, -0.1) is 0 Å². The molecular formula is C20H26N4O5. The third-order valence-electron chi connectivity index (χ3n) is 5.56. The second-order valence-electron chi connectivity index (χ2n) is 7.60. The van der Waals surface area contributed by atoms with Gasteiger partial charge in [0.1, 0.15) is 6.04 Å². The number of amides is 4. The van der Waals surface area contributed by atoms with E-state index in [2.05, 4.69) is 16.0 Å². The number of hydrogen-bond acceptors (Lipinski definition) is 5. The van der Waals surface area contributed by atoms with E-state index >= 15 is 0 Å². The van der Waals surface area contributed by atoms with E-state index in [1.54, 1.807) is 18.2 Å². The van der Waals surface area contributed by atoms with Crippen molar-refractivity contribution in [1.82, 2.24) is 15.5 Å². The molecule has 1 saturated carbocycles. The number of carbonyl (C=O) groups excluding carboxylic acids is 3.